The van der Waals surface area contributed by atoms with Crippen LogP contribution in [-0.2, 0) is 12.8 Å². The third-order valence-corrected chi connectivity index (χ3v) is 6.03. The van der Waals surface area contributed by atoms with E-state index in [0.717, 1.165) is 23.7 Å². The number of halogens is 2. The van der Waals surface area contributed by atoms with Crippen LogP contribution in [-0.4, -0.2) is 53.5 Å². The Kier molecular flexibility index (Phi) is 11.3. The van der Waals surface area contributed by atoms with Crippen LogP contribution in [0.15, 0.2) is 29.6 Å². The Hall–Kier alpha value is -0.830. The van der Waals surface area contributed by atoms with Gasteiger partial charge >= 0.3 is 0 Å². The number of thiazole rings is 1. The summed E-state index contributed by atoms with van der Waals surface area (Å²) in [5.74, 6) is 2.32. The number of carbonyl (C=O) groups is 1. The first-order chi connectivity index (χ1) is 12.2. The summed E-state index contributed by atoms with van der Waals surface area (Å²) in [4.78, 5) is 19.1. The van der Waals surface area contributed by atoms with Gasteiger partial charge < -0.3 is 16.0 Å². The van der Waals surface area contributed by atoms with Gasteiger partial charge in [0.05, 0.1) is 5.01 Å². The molecule has 0 unspecified atom stereocenters. The molecule has 0 bridgehead atoms. The largest absolute Gasteiger partial charge is 0.330 e. The van der Waals surface area contributed by atoms with Gasteiger partial charge in [-0.2, -0.15) is 11.8 Å². The summed E-state index contributed by atoms with van der Waals surface area (Å²) in [6.07, 6.45) is 1.76. The molecule has 0 radical (unpaired) electrons. The highest BCUT2D eigenvalue weighted by Gasteiger charge is 2.12. The molecule has 0 spiro atoms. The standard InChI is InChI=1S/C18H24N4OS2.2ClH/c19-7-5-17-21-16(13-25-17)18(23)20-15-3-1-14(2-4-15)6-8-22-9-11-24-12-10-22;;/h1-4,13H,5-12,19H2,(H,20,23);2*1H. The maximum atomic E-state index is 12.2. The summed E-state index contributed by atoms with van der Waals surface area (Å²) >= 11 is 3.52. The van der Waals surface area contributed by atoms with Crippen LogP contribution in [0.5, 0.6) is 0 Å². The van der Waals surface area contributed by atoms with E-state index in [1.54, 1.807) is 5.38 Å². The first kappa shape index (κ1) is 24.2. The maximum Gasteiger partial charge on any atom is 0.275 e. The lowest BCUT2D eigenvalue weighted by Crippen LogP contribution is -2.34. The first-order valence-electron chi connectivity index (χ1n) is 8.59. The van der Waals surface area contributed by atoms with Gasteiger partial charge in [0.15, 0.2) is 0 Å². The van der Waals surface area contributed by atoms with Crippen LogP contribution >= 0.6 is 47.9 Å². The van der Waals surface area contributed by atoms with E-state index in [2.05, 4.69) is 27.3 Å². The molecule has 1 saturated heterocycles. The molecule has 0 atom stereocenters. The van der Waals surface area contributed by atoms with Crippen molar-refractivity contribution in [2.45, 2.75) is 12.8 Å². The first-order valence-corrected chi connectivity index (χ1v) is 10.6. The number of amides is 1. The molecule has 2 aromatic rings. The average molecular weight is 449 g/mol. The Labute approximate surface area is 181 Å². The van der Waals surface area contributed by atoms with Gasteiger partial charge in [0, 0.05) is 48.6 Å². The van der Waals surface area contributed by atoms with Crippen LogP contribution in [0.2, 0.25) is 0 Å². The highest BCUT2D eigenvalue weighted by Crippen LogP contribution is 2.15. The van der Waals surface area contributed by atoms with Gasteiger partial charge in [-0.05, 0) is 30.7 Å². The van der Waals surface area contributed by atoms with Crippen LogP contribution in [0.1, 0.15) is 21.1 Å². The molecule has 3 rings (SSSR count). The van der Waals surface area contributed by atoms with E-state index in [1.165, 1.54) is 41.5 Å². The Morgan fingerprint density at radius 2 is 1.85 bits per heavy atom. The molecule has 9 heteroatoms. The fraction of sp³-hybridized carbons (Fsp3) is 0.444. The van der Waals surface area contributed by atoms with E-state index in [1.807, 2.05) is 23.9 Å². The lowest BCUT2D eigenvalue weighted by Gasteiger charge is -2.26. The number of anilines is 1. The molecule has 1 aliphatic rings. The highest BCUT2D eigenvalue weighted by atomic mass is 35.5. The summed E-state index contributed by atoms with van der Waals surface area (Å²) in [6.45, 7) is 4.04. The van der Waals surface area contributed by atoms with Crippen LogP contribution in [0.25, 0.3) is 0 Å². The molecule has 5 nitrogen and oxygen atoms in total. The Bertz CT molecular complexity index is 691. The fourth-order valence-corrected chi connectivity index (χ4v) is 4.49. The van der Waals surface area contributed by atoms with E-state index in [0.29, 0.717) is 18.7 Å². The lowest BCUT2D eigenvalue weighted by molar-refractivity contribution is 0.102. The van der Waals surface area contributed by atoms with E-state index in [9.17, 15) is 4.79 Å². The van der Waals surface area contributed by atoms with Crippen molar-refractivity contribution in [2.24, 2.45) is 5.73 Å². The zero-order chi connectivity index (χ0) is 17.5. The van der Waals surface area contributed by atoms with Gasteiger partial charge in [-0.3, -0.25) is 4.79 Å². The van der Waals surface area contributed by atoms with Crippen molar-refractivity contribution in [2.75, 3.05) is 43.0 Å². The minimum absolute atomic E-state index is 0. The second kappa shape index (κ2) is 12.6. The van der Waals surface area contributed by atoms with E-state index in [4.69, 9.17) is 5.73 Å². The topological polar surface area (TPSA) is 71.2 Å². The van der Waals surface area contributed by atoms with Crippen LogP contribution in [0.4, 0.5) is 5.69 Å². The monoisotopic (exact) mass is 448 g/mol. The summed E-state index contributed by atoms with van der Waals surface area (Å²) in [5, 5.41) is 5.59. The molecule has 1 aliphatic heterocycles. The predicted octanol–water partition coefficient (Wildman–Crippen LogP) is 3.33. The van der Waals surface area contributed by atoms with Crippen molar-refractivity contribution < 1.29 is 4.79 Å². The third kappa shape index (κ3) is 7.60. The summed E-state index contributed by atoms with van der Waals surface area (Å²) < 4.78 is 0. The van der Waals surface area contributed by atoms with E-state index < -0.39 is 0 Å². The number of benzene rings is 1. The van der Waals surface area contributed by atoms with Crippen LogP contribution in [0, 0.1) is 0 Å². The highest BCUT2D eigenvalue weighted by molar-refractivity contribution is 7.99. The Morgan fingerprint density at radius 3 is 2.52 bits per heavy atom. The Morgan fingerprint density at radius 1 is 1.15 bits per heavy atom. The molecule has 1 aromatic heterocycles. The molecular formula is C18H26Cl2N4OS2. The van der Waals surface area contributed by atoms with Crippen molar-refractivity contribution in [3.05, 3.63) is 45.9 Å². The third-order valence-electron chi connectivity index (χ3n) is 4.17. The second-order valence-corrected chi connectivity index (χ2v) is 8.19. The van der Waals surface area contributed by atoms with Crippen molar-refractivity contribution in [3.8, 4) is 0 Å². The number of nitrogens with zero attached hydrogens (tertiary/aromatic N) is 2. The van der Waals surface area contributed by atoms with Gasteiger partial charge in [-0.15, -0.1) is 36.2 Å². The zero-order valence-electron chi connectivity index (χ0n) is 15.1. The number of nitrogens with one attached hydrogen (secondary N) is 1. The molecule has 1 amide bonds. The molecule has 1 fully saturated rings. The number of thioether (sulfide) groups is 1. The number of carbonyl (C=O) groups excluding carboxylic acids is 1. The van der Waals surface area contributed by atoms with Gasteiger partial charge in [0.1, 0.15) is 5.69 Å². The molecule has 0 saturated carbocycles. The van der Waals surface area contributed by atoms with E-state index in [-0.39, 0.29) is 30.7 Å². The summed E-state index contributed by atoms with van der Waals surface area (Å²) in [6, 6.07) is 8.11. The van der Waals surface area contributed by atoms with E-state index >= 15 is 0 Å². The zero-order valence-corrected chi connectivity index (χ0v) is 18.3. The number of aromatic nitrogens is 1. The number of hydrogen-bond acceptors (Lipinski definition) is 6. The van der Waals surface area contributed by atoms with Crippen molar-refractivity contribution in [3.63, 3.8) is 0 Å². The van der Waals surface area contributed by atoms with Crippen molar-refractivity contribution in [1.29, 1.82) is 0 Å². The molecular weight excluding hydrogens is 423 g/mol. The van der Waals surface area contributed by atoms with Gasteiger partial charge in [-0.25, -0.2) is 4.98 Å². The predicted molar refractivity (Wildman–Crippen MR) is 121 cm³/mol. The number of hydrogen-bond donors (Lipinski definition) is 2. The maximum absolute atomic E-state index is 12.2. The smallest absolute Gasteiger partial charge is 0.275 e. The second-order valence-electron chi connectivity index (χ2n) is 6.02. The number of rotatable bonds is 7. The van der Waals surface area contributed by atoms with Crippen LogP contribution < -0.4 is 11.1 Å². The minimum atomic E-state index is -0.168. The number of nitrogens with two attached hydrogens (primary N) is 1. The van der Waals surface area contributed by atoms with Gasteiger partial charge in [-0.1, -0.05) is 12.1 Å². The molecule has 150 valence electrons. The molecule has 27 heavy (non-hydrogen) atoms. The lowest BCUT2D eigenvalue weighted by atomic mass is 10.1. The SMILES string of the molecule is Cl.Cl.NCCc1nc(C(=O)Nc2ccc(CCN3CCSCC3)cc2)cs1. The molecule has 3 N–H and O–H groups in total. The fourth-order valence-electron chi connectivity index (χ4n) is 2.72. The minimum Gasteiger partial charge on any atom is -0.330 e. The molecule has 1 aromatic carbocycles. The van der Waals surface area contributed by atoms with Crippen LogP contribution in [0.3, 0.4) is 0 Å². The summed E-state index contributed by atoms with van der Waals surface area (Å²) in [5.41, 5.74) is 8.08. The average Bonchev–Trinajstić information content (AvgIpc) is 3.11. The van der Waals surface area contributed by atoms with Gasteiger partial charge in [0.25, 0.3) is 5.91 Å². The van der Waals surface area contributed by atoms with Crippen molar-refractivity contribution in [1.82, 2.24) is 9.88 Å². The normalized spacial score (nSPS) is 14.1. The quantitative estimate of drug-likeness (QED) is 0.679. The molecule has 2 heterocycles. The van der Waals surface area contributed by atoms with Gasteiger partial charge in [0.2, 0.25) is 0 Å². The Balaban J connectivity index is 0.00000182. The summed E-state index contributed by atoms with van der Waals surface area (Å²) in [7, 11) is 0. The van der Waals surface area contributed by atoms with Crippen molar-refractivity contribution >= 4 is 59.5 Å². The molecule has 0 aliphatic carbocycles.